The molecule has 1 saturated carbocycles. The molecule has 12 heteroatoms. The number of nitrogens with one attached hydrogen (secondary N) is 1. The first kappa shape index (κ1) is 32.3. The average Bonchev–Trinajstić information content (AvgIpc) is 3.53. The lowest BCUT2D eigenvalue weighted by Crippen LogP contribution is -2.20. The third-order valence-electron chi connectivity index (χ3n) is 6.80. The van der Waals surface area contributed by atoms with E-state index in [0.29, 0.717) is 34.4 Å². The number of nitrogens with two attached hydrogens (primary N) is 1. The second-order valence-electron chi connectivity index (χ2n) is 9.52. The number of ether oxygens (including phenoxy) is 2. The highest BCUT2D eigenvalue weighted by atomic mass is 35.5. The van der Waals surface area contributed by atoms with Crippen LogP contribution < -0.4 is 11.1 Å². The number of anilines is 1. The third kappa shape index (κ3) is 8.18. The van der Waals surface area contributed by atoms with Crippen LogP contribution in [-0.4, -0.2) is 30.4 Å². The number of halogens is 4. The molecule has 222 valence electrons. The van der Waals surface area contributed by atoms with Crippen LogP contribution in [0.3, 0.4) is 0 Å². The van der Waals surface area contributed by atoms with E-state index in [4.69, 9.17) is 38.2 Å². The fourth-order valence-corrected chi connectivity index (χ4v) is 5.38. The highest BCUT2D eigenvalue weighted by Gasteiger charge is 2.28. The van der Waals surface area contributed by atoms with Crippen LogP contribution in [0.15, 0.2) is 34.9 Å². The van der Waals surface area contributed by atoms with E-state index < -0.39 is 29.2 Å². The van der Waals surface area contributed by atoms with E-state index in [0.717, 1.165) is 55.4 Å². The molecule has 1 heterocycles. The molecular weight excluding hydrogens is 579 g/mol. The molecule has 0 saturated heterocycles. The van der Waals surface area contributed by atoms with Crippen molar-refractivity contribution >= 4 is 40.9 Å². The van der Waals surface area contributed by atoms with Gasteiger partial charge in [-0.3, -0.25) is 0 Å². The Morgan fingerprint density at radius 2 is 1.80 bits per heavy atom. The van der Waals surface area contributed by atoms with Crippen molar-refractivity contribution in [2.45, 2.75) is 65.1 Å². The van der Waals surface area contributed by atoms with Gasteiger partial charge in [0.25, 0.3) is 0 Å². The van der Waals surface area contributed by atoms with E-state index in [2.05, 4.69) is 23.7 Å². The van der Waals surface area contributed by atoms with Crippen molar-refractivity contribution in [1.29, 1.82) is 0 Å². The standard InChI is InChI=1S/C20H25Cl2NO2.C9H8F2N2O3/c1-3-7-18-14(12-24-17-11-5-8-13(17)4-2)20(23-25-18)19-15(21)9-6-10-16(19)22;1-16-8(14)7-5(10)2-4(3-6(7)11)13-9(12)15/h6,9-10,13,17H,3-5,7-8,11-12H2,1-2H3;2-3H,1H3,(H3,12,13,15). The summed E-state index contributed by atoms with van der Waals surface area (Å²) in [6.07, 6.45) is 6.94. The van der Waals surface area contributed by atoms with Crippen LogP contribution in [0.2, 0.25) is 10.0 Å². The van der Waals surface area contributed by atoms with Crippen LogP contribution in [0.1, 0.15) is 67.6 Å². The summed E-state index contributed by atoms with van der Waals surface area (Å²) >= 11 is 12.8. The smallest absolute Gasteiger partial charge is 0.343 e. The lowest BCUT2D eigenvalue weighted by atomic mass is 10.0. The number of amides is 2. The normalized spacial score (nSPS) is 16.2. The number of carbonyl (C=O) groups excluding carboxylic acids is 2. The summed E-state index contributed by atoms with van der Waals surface area (Å²) in [5, 5.41) is 7.43. The molecule has 0 aliphatic heterocycles. The Hall–Kier alpha value is -3.21. The van der Waals surface area contributed by atoms with Gasteiger partial charge in [-0.1, -0.05) is 61.1 Å². The Bertz CT molecular complexity index is 1320. The fraction of sp³-hybridized carbons (Fsp3) is 0.414. The zero-order valence-electron chi connectivity index (χ0n) is 23.1. The van der Waals surface area contributed by atoms with Gasteiger partial charge < -0.3 is 25.0 Å². The number of hydrogen-bond acceptors (Lipinski definition) is 6. The number of rotatable bonds is 9. The van der Waals surface area contributed by atoms with Crippen LogP contribution >= 0.6 is 23.2 Å². The molecule has 2 amide bonds. The van der Waals surface area contributed by atoms with Crippen molar-refractivity contribution in [3.63, 3.8) is 0 Å². The minimum absolute atomic E-state index is 0.185. The van der Waals surface area contributed by atoms with Crippen molar-refractivity contribution in [3.8, 4) is 11.3 Å². The first-order valence-electron chi connectivity index (χ1n) is 13.3. The second-order valence-corrected chi connectivity index (χ2v) is 10.3. The van der Waals surface area contributed by atoms with E-state index in [1.54, 1.807) is 0 Å². The quantitative estimate of drug-likeness (QED) is 0.237. The SMILES string of the molecule is CCCc1onc(-c2c(Cl)cccc2Cl)c1COC1CCCC1CC.COC(=O)c1c(F)cc(NC(N)=O)cc1F. The Balaban J connectivity index is 0.000000250. The van der Waals surface area contributed by atoms with Crippen molar-refractivity contribution in [2.24, 2.45) is 11.7 Å². The maximum atomic E-state index is 13.3. The van der Waals surface area contributed by atoms with Crippen LogP contribution in [0.25, 0.3) is 11.3 Å². The van der Waals surface area contributed by atoms with Gasteiger partial charge >= 0.3 is 12.0 Å². The van der Waals surface area contributed by atoms with Crippen molar-refractivity contribution in [2.75, 3.05) is 12.4 Å². The molecule has 41 heavy (non-hydrogen) atoms. The molecule has 4 rings (SSSR count). The molecule has 1 fully saturated rings. The first-order valence-corrected chi connectivity index (χ1v) is 14.0. The number of aromatic nitrogens is 1. The zero-order valence-corrected chi connectivity index (χ0v) is 24.6. The molecule has 0 spiro atoms. The number of hydrogen-bond donors (Lipinski definition) is 2. The Morgan fingerprint density at radius 3 is 2.37 bits per heavy atom. The highest BCUT2D eigenvalue weighted by molar-refractivity contribution is 6.39. The monoisotopic (exact) mass is 611 g/mol. The predicted octanol–water partition coefficient (Wildman–Crippen LogP) is 7.94. The second kappa shape index (κ2) is 15.1. The number of nitrogens with zero attached hydrogens (tertiary/aromatic N) is 1. The van der Waals surface area contributed by atoms with Crippen molar-refractivity contribution < 1.29 is 32.4 Å². The number of methoxy groups -OCH3 is 1. The van der Waals surface area contributed by atoms with Crippen LogP contribution in [-0.2, 0) is 22.5 Å². The van der Waals surface area contributed by atoms with Crippen molar-refractivity contribution in [3.05, 3.63) is 68.9 Å². The van der Waals surface area contributed by atoms with Crippen LogP contribution in [0.5, 0.6) is 0 Å². The molecule has 2 aromatic carbocycles. The topological polar surface area (TPSA) is 117 Å². The summed E-state index contributed by atoms with van der Waals surface area (Å²) < 4.78 is 42.6. The number of benzene rings is 2. The van der Waals surface area contributed by atoms with Gasteiger partial charge in [-0.05, 0) is 49.4 Å². The molecule has 1 aliphatic rings. The molecule has 1 aromatic heterocycles. The molecule has 2 unspecified atom stereocenters. The van der Waals surface area contributed by atoms with E-state index >= 15 is 0 Å². The van der Waals surface area contributed by atoms with Gasteiger partial charge in [0.1, 0.15) is 28.7 Å². The number of carbonyl (C=O) groups is 2. The van der Waals surface area contributed by atoms with E-state index in [9.17, 15) is 18.4 Å². The number of primary amides is 1. The lowest BCUT2D eigenvalue weighted by Gasteiger charge is -2.19. The molecule has 3 aromatic rings. The molecule has 1 aliphatic carbocycles. The largest absolute Gasteiger partial charge is 0.465 e. The number of aryl methyl sites for hydroxylation is 1. The Morgan fingerprint density at radius 1 is 1.15 bits per heavy atom. The lowest BCUT2D eigenvalue weighted by molar-refractivity contribution is 0.0146. The summed E-state index contributed by atoms with van der Waals surface area (Å²) in [7, 11) is 0.997. The number of esters is 1. The summed E-state index contributed by atoms with van der Waals surface area (Å²) in [6, 6.07) is 6.05. The number of urea groups is 1. The summed E-state index contributed by atoms with van der Waals surface area (Å²) in [5.41, 5.74) is 6.18. The highest BCUT2D eigenvalue weighted by Crippen LogP contribution is 2.38. The average molecular weight is 613 g/mol. The third-order valence-corrected chi connectivity index (χ3v) is 7.43. The van der Waals surface area contributed by atoms with Crippen LogP contribution in [0, 0.1) is 17.6 Å². The van der Waals surface area contributed by atoms with Gasteiger partial charge in [0.15, 0.2) is 0 Å². The fourth-order valence-electron chi connectivity index (χ4n) is 4.80. The summed E-state index contributed by atoms with van der Waals surface area (Å²) in [6.45, 7) is 4.86. The van der Waals surface area contributed by atoms with E-state index in [1.807, 2.05) is 23.5 Å². The summed E-state index contributed by atoms with van der Waals surface area (Å²) in [4.78, 5) is 21.4. The first-order chi connectivity index (χ1) is 19.6. The maximum Gasteiger partial charge on any atom is 0.343 e. The summed E-state index contributed by atoms with van der Waals surface area (Å²) in [5.74, 6) is -1.90. The molecule has 0 radical (unpaired) electrons. The van der Waals surface area contributed by atoms with Gasteiger partial charge in [-0.2, -0.15) is 0 Å². The van der Waals surface area contributed by atoms with E-state index in [-0.39, 0.29) is 5.69 Å². The predicted molar refractivity (Wildman–Crippen MR) is 153 cm³/mol. The van der Waals surface area contributed by atoms with Gasteiger partial charge in [0.05, 0.1) is 29.9 Å². The minimum atomic E-state index is -1.14. The Kier molecular flexibility index (Phi) is 11.9. The molecule has 3 N–H and O–H groups in total. The minimum Gasteiger partial charge on any atom is -0.465 e. The van der Waals surface area contributed by atoms with Gasteiger partial charge in [-0.15, -0.1) is 0 Å². The van der Waals surface area contributed by atoms with Gasteiger partial charge in [0, 0.05) is 23.2 Å². The molecule has 0 bridgehead atoms. The Labute approximate surface area is 247 Å². The van der Waals surface area contributed by atoms with E-state index in [1.165, 1.54) is 19.3 Å². The molecule has 2 atom stereocenters. The van der Waals surface area contributed by atoms with Crippen molar-refractivity contribution in [1.82, 2.24) is 5.16 Å². The molecule has 8 nitrogen and oxygen atoms in total. The zero-order chi connectivity index (χ0) is 30.1. The maximum absolute atomic E-state index is 13.3. The van der Waals surface area contributed by atoms with Gasteiger partial charge in [-0.25, -0.2) is 18.4 Å². The molecular formula is C29H33Cl2F2N3O5. The van der Waals surface area contributed by atoms with Gasteiger partial charge in [0.2, 0.25) is 0 Å². The van der Waals surface area contributed by atoms with Crippen LogP contribution in [0.4, 0.5) is 19.3 Å².